The third-order valence-electron chi connectivity index (χ3n) is 3.17. The molecule has 1 fully saturated rings. The molecule has 0 spiro atoms. The van der Waals surface area contributed by atoms with Gasteiger partial charge in [0.25, 0.3) is 0 Å². The minimum Gasteiger partial charge on any atom is -0.496 e. The number of methoxy groups -OCH3 is 1. The second kappa shape index (κ2) is 5.85. The van der Waals surface area contributed by atoms with Crippen LogP contribution < -0.4 is 10.5 Å². The average Bonchev–Trinajstić information content (AvgIpc) is 2.39. The van der Waals surface area contributed by atoms with Crippen LogP contribution >= 0.6 is 15.9 Å². The van der Waals surface area contributed by atoms with Gasteiger partial charge < -0.3 is 15.2 Å². The van der Waals surface area contributed by atoms with Crippen LogP contribution in [0.1, 0.15) is 30.9 Å². The summed E-state index contributed by atoms with van der Waals surface area (Å²) < 4.78 is 12.1. The molecule has 0 bridgehead atoms. The van der Waals surface area contributed by atoms with E-state index >= 15 is 0 Å². The highest BCUT2D eigenvalue weighted by molar-refractivity contribution is 9.10. The van der Waals surface area contributed by atoms with Gasteiger partial charge in [-0.3, -0.25) is 0 Å². The van der Waals surface area contributed by atoms with Crippen LogP contribution in [0.2, 0.25) is 0 Å². The molecule has 2 rings (SSSR count). The maximum absolute atomic E-state index is 6.29. The lowest BCUT2D eigenvalue weighted by Crippen LogP contribution is -2.32. The lowest BCUT2D eigenvalue weighted by Gasteiger charge is -2.29. The summed E-state index contributed by atoms with van der Waals surface area (Å²) in [7, 11) is 1.67. The molecule has 2 atom stereocenters. The SMILES string of the molecule is COc1ccc(Br)cc1C(N)C1CCCCO1. The minimum atomic E-state index is -0.122. The maximum Gasteiger partial charge on any atom is 0.123 e. The van der Waals surface area contributed by atoms with Gasteiger partial charge in [0.15, 0.2) is 0 Å². The van der Waals surface area contributed by atoms with Gasteiger partial charge in [-0.25, -0.2) is 0 Å². The normalized spacial score (nSPS) is 22.2. The number of ether oxygens (including phenoxy) is 2. The first-order valence-electron chi connectivity index (χ1n) is 5.93. The van der Waals surface area contributed by atoms with Crippen LogP contribution in [0.5, 0.6) is 5.75 Å². The van der Waals surface area contributed by atoms with E-state index in [4.69, 9.17) is 15.2 Å². The molecule has 0 aromatic heterocycles. The number of benzene rings is 1. The molecule has 4 heteroatoms. The number of halogens is 1. The van der Waals surface area contributed by atoms with Gasteiger partial charge in [-0.05, 0) is 37.5 Å². The fourth-order valence-electron chi connectivity index (χ4n) is 2.21. The van der Waals surface area contributed by atoms with Crippen molar-refractivity contribution in [1.29, 1.82) is 0 Å². The zero-order chi connectivity index (χ0) is 12.3. The Morgan fingerprint density at radius 1 is 1.47 bits per heavy atom. The van der Waals surface area contributed by atoms with Crippen LogP contribution in [0.3, 0.4) is 0 Å². The van der Waals surface area contributed by atoms with Crippen LogP contribution in [-0.2, 0) is 4.74 Å². The lowest BCUT2D eigenvalue weighted by molar-refractivity contribution is -0.000395. The molecule has 94 valence electrons. The predicted molar refractivity (Wildman–Crippen MR) is 71.2 cm³/mol. The number of rotatable bonds is 3. The second-order valence-electron chi connectivity index (χ2n) is 4.32. The van der Waals surface area contributed by atoms with E-state index in [0.29, 0.717) is 0 Å². The van der Waals surface area contributed by atoms with Crippen molar-refractivity contribution in [2.45, 2.75) is 31.4 Å². The molecule has 1 aliphatic heterocycles. The molecular formula is C13H18BrNO2. The Bertz CT molecular complexity index is 378. The standard InChI is InChI=1S/C13H18BrNO2/c1-16-11-6-5-9(14)8-10(11)13(15)12-4-2-3-7-17-12/h5-6,8,12-13H,2-4,7,15H2,1H3. The zero-order valence-corrected chi connectivity index (χ0v) is 11.6. The Morgan fingerprint density at radius 3 is 2.94 bits per heavy atom. The summed E-state index contributed by atoms with van der Waals surface area (Å²) in [4.78, 5) is 0. The van der Waals surface area contributed by atoms with Gasteiger partial charge in [0.1, 0.15) is 5.75 Å². The third-order valence-corrected chi connectivity index (χ3v) is 3.66. The second-order valence-corrected chi connectivity index (χ2v) is 5.23. The molecule has 2 unspecified atom stereocenters. The van der Waals surface area contributed by atoms with Crippen LogP contribution in [-0.4, -0.2) is 19.8 Å². The van der Waals surface area contributed by atoms with Gasteiger partial charge in [-0.2, -0.15) is 0 Å². The summed E-state index contributed by atoms with van der Waals surface area (Å²) >= 11 is 3.47. The van der Waals surface area contributed by atoms with Gasteiger partial charge in [0.2, 0.25) is 0 Å². The summed E-state index contributed by atoms with van der Waals surface area (Å²) in [6, 6.07) is 5.78. The first-order valence-corrected chi connectivity index (χ1v) is 6.72. The Labute approximate surface area is 110 Å². The monoisotopic (exact) mass is 299 g/mol. The smallest absolute Gasteiger partial charge is 0.123 e. The van der Waals surface area contributed by atoms with E-state index in [1.165, 1.54) is 6.42 Å². The Morgan fingerprint density at radius 2 is 2.29 bits per heavy atom. The molecule has 3 nitrogen and oxygen atoms in total. The predicted octanol–water partition coefficient (Wildman–Crippen LogP) is 3.03. The van der Waals surface area contributed by atoms with Crippen molar-refractivity contribution in [3.63, 3.8) is 0 Å². The molecule has 1 aromatic rings. The zero-order valence-electron chi connectivity index (χ0n) is 9.99. The highest BCUT2D eigenvalue weighted by Gasteiger charge is 2.25. The fraction of sp³-hybridized carbons (Fsp3) is 0.538. The Balaban J connectivity index is 2.21. The molecule has 1 aliphatic rings. The van der Waals surface area contributed by atoms with Crippen molar-refractivity contribution in [3.8, 4) is 5.75 Å². The van der Waals surface area contributed by atoms with Crippen molar-refractivity contribution in [2.24, 2.45) is 5.73 Å². The largest absolute Gasteiger partial charge is 0.496 e. The quantitative estimate of drug-likeness (QED) is 0.933. The molecule has 1 aromatic carbocycles. The van der Waals surface area contributed by atoms with E-state index in [-0.39, 0.29) is 12.1 Å². The van der Waals surface area contributed by atoms with Crippen molar-refractivity contribution < 1.29 is 9.47 Å². The summed E-state index contributed by atoms with van der Waals surface area (Å²) in [6.07, 6.45) is 3.46. The summed E-state index contributed by atoms with van der Waals surface area (Å²) in [5.41, 5.74) is 7.30. The summed E-state index contributed by atoms with van der Waals surface area (Å²) in [5, 5.41) is 0. The van der Waals surface area contributed by atoms with Crippen LogP contribution in [0.15, 0.2) is 22.7 Å². The van der Waals surface area contributed by atoms with Gasteiger partial charge >= 0.3 is 0 Å². The van der Waals surface area contributed by atoms with E-state index in [9.17, 15) is 0 Å². The maximum atomic E-state index is 6.29. The molecule has 0 radical (unpaired) electrons. The average molecular weight is 300 g/mol. The van der Waals surface area contributed by atoms with Gasteiger partial charge in [0, 0.05) is 16.6 Å². The molecule has 17 heavy (non-hydrogen) atoms. The molecule has 0 saturated carbocycles. The fourth-order valence-corrected chi connectivity index (χ4v) is 2.59. The van der Waals surface area contributed by atoms with Crippen LogP contribution in [0.4, 0.5) is 0 Å². The van der Waals surface area contributed by atoms with E-state index in [0.717, 1.165) is 35.2 Å². The highest BCUT2D eigenvalue weighted by atomic mass is 79.9. The van der Waals surface area contributed by atoms with Crippen LogP contribution in [0.25, 0.3) is 0 Å². The van der Waals surface area contributed by atoms with Crippen molar-refractivity contribution in [2.75, 3.05) is 13.7 Å². The first kappa shape index (κ1) is 12.9. The van der Waals surface area contributed by atoms with Crippen molar-refractivity contribution in [1.82, 2.24) is 0 Å². The molecule has 0 amide bonds. The third kappa shape index (κ3) is 3.00. The Kier molecular flexibility index (Phi) is 4.42. The van der Waals surface area contributed by atoms with Gasteiger partial charge in [-0.1, -0.05) is 15.9 Å². The molecule has 1 heterocycles. The minimum absolute atomic E-state index is 0.104. The number of hydrogen-bond donors (Lipinski definition) is 1. The first-order chi connectivity index (χ1) is 8.22. The lowest BCUT2D eigenvalue weighted by atomic mass is 9.96. The summed E-state index contributed by atoms with van der Waals surface area (Å²) in [6.45, 7) is 0.814. The van der Waals surface area contributed by atoms with Gasteiger partial charge in [0.05, 0.1) is 19.3 Å². The molecular weight excluding hydrogens is 282 g/mol. The van der Waals surface area contributed by atoms with E-state index in [1.807, 2.05) is 18.2 Å². The topological polar surface area (TPSA) is 44.5 Å². The molecule has 1 saturated heterocycles. The molecule has 2 N–H and O–H groups in total. The highest BCUT2D eigenvalue weighted by Crippen LogP contribution is 2.32. The molecule has 0 aliphatic carbocycles. The van der Waals surface area contributed by atoms with Gasteiger partial charge in [-0.15, -0.1) is 0 Å². The van der Waals surface area contributed by atoms with Crippen molar-refractivity contribution >= 4 is 15.9 Å². The van der Waals surface area contributed by atoms with E-state index < -0.39 is 0 Å². The Hall–Kier alpha value is -0.580. The number of nitrogens with two attached hydrogens (primary N) is 1. The van der Waals surface area contributed by atoms with E-state index in [2.05, 4.69) is 15.9 Å². The number of hydrogen-bond acceptors (Lipinski definition) is 3. The van der Waals surface area contributed by atoms with E-state index in [1.54, 1.807) is 7.11 Å². The van der Waals surface area contributed by atoms with Crippen molar-refractivity contribution in [3.05, 3.63) is 28.2 Å². The summed E-state index contributed by atoms with van der Waals surface area (Å²) in [5.74, 6) is 0.829. The van der Waals surface area contributed by atoms with Crippen LogP contribution in [0, 0.1) is 0 Å².